The molecule has 1 amide bonds. The number of benzene rings is 2. The van der Waals surface area contributed by atoms with E-state index in [0.29, 0.717) is 13.0 Å². The highest BCUT2D eigenvalue weighted by Gasteiger charge is 2.14. The lowest BCUT2D eigenvalue weighted by Crippen LogP contribution is -2.29. The number of thiazole rings is 1. The Hall–Kier alpha value is -3.25. The minimum atomic E-state index is 0.0747. The van der Waals surface area contributed by atoms with Crippen molar-refractivity contribution in [3.05, 3.63) is 83.1 Å². The average Bonchev–Trinajstić information content (AvgIpc) is 3.49. The maximum atomic E-state index is 12.6. The van der Waals surface area contributed by atoms with Crippen molar-refractivity contribution in [1.29, 1.82) is 0 Å². The molecule has 5 nitrogen and oxygen atoms in total. The molecule has 4 aromatic rings. The van der Waals surface area contributed by atoms with E-state index in [0.717, 1.165) is 52.5 Å². The third-order valence-electron chi connectivity index (χ3n) is 5.46. The van der Waals surface area contributed by atoms with Gasteiger partial charge in [0.15, 0.2) is 0 Å². The van der Waals surface area contributed by atoms with Crippen LogP contribution >= 0.6 is 11.3 Å². The Labute approximate surface area is 192 Å². The number of likely N-dealkylation sites (N-methyl/N-ethyl adjacent to an activating group) is 1. The fourth-order valence-corrected chi connectivity index (χ4v) is 4.31. The van der Waals surface area contributed by atoms with Crippen LogP contribution in [-0.2, 0) is 24.1 Å². The van der Waals surface area contributed by atoms with Crippen LogP contribution in [0.25, 0.3) is 21.8 Å². The summed E-state index contributed by atoms with van der Waals surface area (Å²) in [6, 6.07) is 20.4. The predicted molar refractivity (Wildman–Crippen MR) is 129 cm³/mol. The van der Waals surface area contributed by atoms with Gasteiger partial charge in [0.05, 0.1) is 12.1 Å². The molecule has 164 valence electrons. The number of aromatic nitrogens is 2. The Morgan fingerprint density at radius 2 is 1.84 bits per heavy atom. The van der Waals surface area contributed by atoms with E-state index in [4.69, 9.17) is 4.52 Å². The monoisotopic (exact) mass is 445 g/mol. The molecule has 0 bridgehead atoms. The first-order valence-electron chi connectivity index (χ1n) is 10.9. The Kier molecular flexibility index (Phi) is 7.12. The first kappa shape index (κ1) is 22.0. The second-order valence-corrected chi connectivity index (χ2v) is 8.69. The van der Waals surface area contributed by atoms with Gasteiger partial charge in [-0.3, -0.25) is 4.79 Å². The fraction of sp³-hybridized carbons (Fsp3) is 0.269. The van der Waals surface area contributed by atoms with Gasteiger partial charge in [-0.1, -0.05) is 66.7 Å². The van der Waals surface area contributed by atoms with E-state index in [1.807, 2.05) is 48.8 Å². The van der Waals surface area contributed by atoms with E-state index in [-0.39, 0.29) is 5.91 Å². The first-order valence-corrected chi connectivity index (χ1v) is 11.8. The van der Waals surface area contributed by atoms with Crippen molar-refractivity contribution in [3.8, 4) is 21.8 Å². The van der Waals surface area contributed by atoms with E-state index in [1.54, 1.807) is 16.2 Å². The zero-order chi connectivity index (χ0) is 22.3. The van der Waals surface area contributed by atoms with Crippen LogP contribution in [0.5, 0.6) is 0 Å². The molecule has 0 unspecified atom stereocenters. The fourth-order valence-electron chi connectivity index (χ4n) is 3.48. The Morgan fingerprint density at radius 1 is 1.06 bits per heavy atom. The first-order chi connectivity index (χ1) is 15.6. The SMILES string of the molecule is CCc1ccc(-c2nc(CC(=O)N(C)CCCc3cc(-c4ccccc4)no3)cs2)cc1. The number of aryl methyl sites for hydroxylation is 2. The maximum Gasteiger partial charge on any atom is 0.228 e. The molecule has 6 heteroatoms. The molecule has 0 aliphatic heterocycles. The van der Waals surface area contributed by atoms with E-state index < -0.39 is 0 Å². The van der Waals surface area contributed by atoms with Crippen molar-refractivity contribution >= 4 is 17.2 Å². The van der Waals surface area contributed by atoms with Gasteiger partial charge in [0, 0.05) is 42.6 Å². The summed E-state index contributed by atoms with van der Waals surface area (Å²) in [7, 11) is 1.84. The molecule has 32 heavy (non-hydrogen) atoms. The van der Waals surface area contributed by atoms with Crippen LogP contribution in [0.4, 0.5) is 0 Å². The molecule has 0 saturated carbocycles. The molecule has 0 aliphatic carbocycles. The summed E-state index contributed by atoms with van der Waals surface area (Å²) in [5.74, 6) is 0.911. The van der Waals surface area contributed by atoms with Crippen LogP contribution in [-0.4, -0.2) is 34.5 Å². The van der Waals surface area contributed by atoms with Crippen molar-refractivity contribution in [3.63, 3.8) is 0 Å². The standard InChI is InChI=1S/C26H27N3O2S/c1-3-19-11-13-21(14-12-19)26-27-22(18-32-26)16-25(30)29(2)15-7-10-23-17-24(28-31-23)20-8-5-4-6-9-20/h4-6,8-9,11-14,17-18H,3,7,10,15-16H2,1-2H3. The third-order valence-corrected chi connectivity index (χ3v) is 6.40. The summed E-state index contributed by atoms with van der Waals surface area (Å²) >= 11 is 1.58. The molecule has 0 atom stereocenters. The maximum absolute atomic E-state index is 12.6. The van der Waals surface area contributed by atoms with Crippen molar-refractivity contribution in [2.45, 2.75) is 32.6 Å². The van der Waals surface area contributed by atoms with E-state index in [2.05, 4.69) is 41.3 Å². The molecule has 0 fully saturated rings. The van der Waals surface area contributed by atoms with E-state index in [1.165, 1.54) is 5.56 Å². The highest BCUT2D eigenvalue weighted by Crippen LogP contribution is 2.24. The molecule has 2 aromatic carbocycles. The molecule has 2 aromatic heterocycles. The topological polar surface area (TPSA) is 59.2 Å². The molecule has 0 aliphatic rings. The minimum Gasteiger partial charge on any atom is -0.361 e. The molecular weight excluding hydrogens is 418 g/mol. The Balaban J connectivity index is 1.25. The molecular formula is C26H27N3O2S. The lowest BCUT2D eigenvalue weighted by atomic mass is 10.1. The summed E-state index contributed by atoms with van der Waals surface area (Å²) in [6.45, 7) is 2.81. The number of hydrogen-bond donors (Lipinski definition) is 0. The van der Waals surface area contributed by atoms with E-state index in [9.17, 15) is 4.79 Å². The van der Waals surface area contributed by atoms with Gasteiger partial charge in [-0.15, -0.1) is 11.3 Å². The molecule has 0 spiro atoms. The number of carbonyl (C=O) groups excluding carboxylic acids is 1. The van der Waals surface area contributed by atoms with Crippen LogP contribution in [0.2, 0.25) is 0 Å². The lowest BCUT2D eigenvalue weighted by molar-refractivity contribution is -0.129. The number of rotatable bonds is 9. The summed E-state index contributed by atoms with van der Waals surface area (Å²) in [6.07, 6.45) is 2.90. The quantitative estimate of drug-likeness (QED) is 0.333. The second kappa shape index (κ2) is 10.4. The Morgan fingerprint density at radius 3 is 2.59 bits per heavy atom. The van der Waals surface area contributed by atoms with Crippen LogP contribution in [0.1, 0.15) is 30.4 Å². The lowest BCUT2D eigenvalue weighted by Gasteiger charge is -2.16. The van der Waals surface area contributed by atoms with Gasteiger partial charge in [0.2, 0.25) is 5.91 Å². The van der Waals surface area contributed by atoms with Crippen LogP contribution in [0.15, 0.2) is 70.6 Å². The number of amides is 1. The van der Waals surface area contributed by atoms with Crippen LogP contribution in [0.3, 0.4) is 0 Å². The zero-order valence-electron chi connectivity index (χ0n) is 18.5. The van der Waals surface area contributed by atoms with Gasteiger partial charge >= 0.3 is 0 Å². The molecule has 0 radical (unpaired) electrons. The third kappa shape index (κ3) is 5.51. The van der Waals surface area contributed by atoms with E-state index >= 15 is 0 Å². The number of carbonyl (C=O) groups is 1. The van der Waals surface area contributed by atoms with Crippen molar-refractivity contribution in [2.24, 2.45) is 0 Å². The highest BCUT2D eigenvalue weighted by atomic mass is 32.1. The van der Waals surface area contributed by atoms with Gasteiger partial charge < -0.3 is 9.42 Å². The van der Waals surface area contributed by atoms with Crippen molar-refractivity contribution in [1.82, 2.24) is 15.0 Å². The number of hydrogen-bond acceptors (Lipinski definition) is 5. The highest BCUT2D eigenvalue weighted by molar-refractivity contribution is 7.13. The zero-order valence-corrected chi connectivity index (χ0v) is 19.3. The van der Waals surface area contributed by atoms with Gasteiger partial charge in [0.1, 0.15) is 16.5 Å². The molecule has 0 saturated heterocycles. The van der Waals surface area contributed by atoms with Gasteiger partial charge in [-0.2, -0.15) is 0 Å². The summed E-state index contributed by atoms with van der Waals surface area (Å²) in [5, 5.41) is 7.09. The molecule has 2 heterocycles. The van der Waals surface area contributed by atoms with Crippen molar-refractivity contribution < 1.29 is 9.32 Å². The predicted octanol–water partition coefficient (Wildman–Crippen LogP) is 5.66. The summed E-state index contributed by atoms with van der Waals surface area (Å²) in [5.41, 5.74) is 5.11. The van der Waals surface area contributed by atoms with Crippen LogP contribution in [0, 0.1) is 0 Å². The van der Waals surface area contributed by atoms with Gasteiger partial charge in [0.25, 0.3) is 0 Å². The number of nitrogens with zero attached hydrogens (tertiary/aromatic N) is 3. The Bertz CT molecular complexity index is 1150. The van der Waals surface area contributed by atoms with Crippen molar-refractivity contribution in [2.75, 3.05) is 13.6 Å². The summed E-state index contributed by atoms with van der Waals surface area (Å²) < 4.78 is 5.45. The summed E-state index contributed by atoms with van der Waals surface area (Å²) in [4.78, 5) is 19.1. The minimum absolute atomic E-state index is 0.0747. The molecule has 4 rings (SSSR count). The van der Waals surface area contributed by atoms with Gasteiger partial charge in [-0.05, 0) is 18.4 Å². The normalized spacial score (nSPS) is 10.9. The van der Waals surface area contributed by atoms with Gasteiger partial charge in [-0.25, -0.2) is 4.98 Å². The average molecular weight is 446 g/mol. The smallest absolute Gasteiger partial charge is 0.228 e. The molecule has 0 N–H and O–H groups in total. The van der Waals surface area contributed by atoms with Crippen LogP contribution < -0.4 is 0 Å². The second-order valence-electron chi connectivity index (χ2n) is 7.83. The largest absolute Gasteiger partial charge is 0.361 e.